The molecule has 3 aromatic rings. The zero-order valence-corrected chi connectivity index (χ0v) is 9.74. The predicted octanol–water partition coefficient (Wildman–Crippen LogP) is 1.32. The molecule has 0 unspecified atom stereocenters. The maximum Gasteiger partial charge on any atom is 0.262 e. The fraction of sp³-hybridized carbons (Fsp3) is 0.0833. The van der Waals surface area contributed by atoms with Gasteiger partial charge in [0.25, 0.3) is 5.89 Å². The van der Waals surface area contributed by atoms with Gasteiger partial charge in [-0.3, -0.25) is 10.1 Å². The van der Waals surface area contributed by atoms with Crippen molar-refractivity contribution < 1.29 is 4.52 Å². The second kappa shape index (κ2) is 4.70. The van der Waals surface area contributed by atoms with E-state index < -0.39 is 0 Å². The third kappa shape index (κ3) is 2.19. The molecule has 7 heteroatoms. The van der Waals surface area contributed by atoms with Crippen LogP contribution in [0.25, 0.3) is 11.5 Å². The van der Waals surface area contributed by atoms with E-state index in [1.807, 2.05) is 24.3 Å². The minimum Gasteiger partial charge on any atom is -0.334 e. The van der Waals surface area contributed by atoms with Crippen LogP contribution in [-0.4, -0.2) is 25.3 Å². The van der Waals surface area contributed by atoms with E-state index in [0.29, 0.717) is 23.5 Å². The second-order valence-corrected chi connectivity index (χ2v) is 3.78. The Morgan fingerprint density at radius 1 is 1.37 bits per heavy atom. The molecule has 0 aliphatic rings. The van der Waals surface area contributed by atoms with E-state index in [0.717, 1.165) is 5.69 Å². The Bertz CT molecular complexity index is 724. The molecule has 0 aliphatic carbocycles. The van der Waals surface area contributed by atoms with E-state index in [-0.39, 0.29) is 5.89 Å². The van der Waals surface area contributed by atoms with Gasteiger partial charge in [-0.25, -0.2) is 0 Å². The van der Waals surface area contributed by atoms with Crippen molar-refractivity contribution in [3.63, 3.8) is 0 Å². The highest BCUT2D eigenvalue weighted by Gasteiger charge is 2.15. The minimum absolute atomic E-state index is 0.274. The van der Waals surface area contributed by atoms with Crippen molar-refractivity contribution in [2.75, 3.05) is 0 Å². The number of nitrogens with one attached hydrogen (secondary N) is 1. The molecule has 0 radical (unpaired) electrons. The Morgan fingerprint density at radius 2 is 2.32 bits per heavy atom. The first-order valence-electron chi connectivity index (χ1n) is 5.53. The molecular formula is C12H8N6O. The van der Waals surface area contributed by atoms with E-state index in [2.05, 4.69) is 25.3 Å². The van der Waals surface area contributed by atoms with Crippen LogP contribution in [0.15, 0.2) is 35.1 Å². The van der Waals surface area contributed by atoms with Crippen LogP contribution in [0.1, 0.15) is 17.2 Å². The molecule has 0 amide bonds. The van der Waals surface area contributed by atoms with Crippen molar-refractivity contribution in [3.8, 4) is 17.5 Å². The van der Waals surface area contributed by atoms with Crippen molar-refractivity contribution in [2.45, 2.75) is 6.42 Å². The average Bonchev–Trinajstić information content (AvgIpc) is 3.07. The van der Waals surface area contributed by atoms with E-state index >= 15 is 0 Å². The summed E-state index contributed by atoms with van der Waals surface area (Å²) in [5, 5.41) is 19.1. The quantitative estimate of drug-likeness (QED) is 0.753. The monoisotopic (exact) mass is 252 g/mol. The lowest BCUT2D eigenvalue weighted by Crippen LogP contribution is -1.93. The minimum atomic E-state index is 0.274. The first-order valence-corrected chi connectivity index (χ1v) is 5.53. The number of hydrogen-bond donors (Lipinski definition) is 1. The molecule has 3 heterocycles. The van der Waals surface area contributed by atoms with Crippen LogP contribution in [0.3, 0.4) is 0 Å². The second-order valence-electron chi connectivity index (χ2n) is 3.78. The third-order valence-electron chi connectivity index (χ3n) is 2.52. The van der Waals surface area contributed by atoms with Crippen molar-refractivity contribution in [1.29, 1.82) is 5.26 Å². The van der Waals surface area contributed by atoms with Gasteiger partial charge in [0.05, 0.1) is 18.2 Å². The van der Waals surface area contributed by atoms with E-state index in [1.54, 1.807) is 6.20 Å². The first-order chi connectivity index (χ1) is 9.36. The highest BCUT2D eigenvalue weighted by molar-refractivity contribution is 5.59. The van der Waals surface area contributed by atoms with Crippen molar-refractivity contribution >= 4 is 0 Å². The largest absolute Gasteiger partial charge is 0.334 e. The Kier molecular flexibility index (Phi) is 2.74. The molecule has 3 aromatic heterocycles. The fourth-order valence-corrected chi connectivity index (χ4v) is 1.63. The van der Waals surface area contributed by atoms with Crippen LogP contribution in [0.4, 0.5) is 0 Å². The van der Waals surface area contributed by atoms with Gasteiger partial charge in [-0.05, 0) is 12.1 Å². The Morgan fingerprint density at radius 3 is 3.11 bits per heavy atom. The zero-order chi connectivity index (χ0) is 13.1. The average molecular weight is 252 g/mol. The summed E-state index contributed by atoms with van der Waals surface area (Å²) in [5.41, 5.74) is 1.65. The number of aromatic amines is 1. The van der Waals surface area contributed by atoms with Crippen molar-refractivity contribution in [3.05, 3.63) is 47.8 Å². The van der Waals surface area contributed by atoms with Crippen molar-refractivity contribution in [1.82, 2.24) is 25.3 Å². The van der Waals surface area contributed by atoms with Gasteiger partial charge in [0.1, 0.15) is 11.8 Å². The number of aromatic nitrogens is 5. The molecule has 19 heavy (non-hydrogen) atoms. The van der Waals surface area contributed by atoms with Crippen LogP contribution < -0.4 is 0 Å². The molecular weight excluding hydrogens is 244 g/mol. The van der Waals surface area contributed by atoms with E-state index in [4.69, 9.17) is 9.78 Å². The summed E-state index contributed by atoms with van der Waals surface area (Å²) in [6.45, 7) is 0. The highest BCUT2D eigenvalue weighted by atomic mass is 16.5. The normalized spacial score (nSPS) is 10.3. The summed E-state index contributed by atoms with van der Waals surface area (Å²) in [4.78, 5) is 8.41. The lowest BCUT2D eigenvalue weighted by atomic mass is 10.2. The summed E-state index contributed by atoms with van der Waals surface area (Å²) >= 11 is 0. The Balaban J connectivity index is 1.86. The molecule has 0 atom stereocenters. The smallest absolute Gasteiger partial charge is 0.262 e. The van der Waals surface area contributed by atoms with Crippen LogP contribution in [0.2, 0.25) is 0 Å². The number of H-pyrrole nitrogens is 1. The summed E-state index contributed by atoms with van der Waals surface area (Å²) in [7, 11) is 0. The summed E-state index contributed by atoms with van der Waals surface area (Å²) in [6, 6.07) is 7.60. The van der Waals surface area contributed by atoms with Gasteiger partial charge >= 0.3 is 0 Å². The van der Waals surface area contributed by atoms with Crippen LogP contribution in [0.5, 0.6) is 0 Å². The molecule has 92 valence electrons. The Hall–Kier alpha value is -3.01. The standard InChI is InChI=1S/C12H8N6O/c13-6-10-9(7-15-17-10)12-16-11(18-19-12)5-8-3-1-2-4-14-8/h1-4,7H,5H2,(H,15,17). The number of nitriles is 1. The zero-order valence-electron chi connectivity index (χ0n) is 9.74. The van der Waals surface area contributed by atoms with Gasteiger partial charge < -0.3 is 4.52 Å². The molecule has 3 rings (SSSR count). The topological polar surface area (TPSA) is 104 Å². The number of pyridine rings is 1. The summed E-state index contributed by atoms with van der Waals surface area (Å²) in [6.07, 6.45) is 3.67. The lowest BCUT2D eigenvalue weighted by molar-refractivity contribution is 0.423. The molecule has 0 bridgehead atoms. The van der Waals surface area contributed by atoms with Crippen molar-refractivity contribution in [2.24, 2.45) is 0 Å². The maximum atomic E-state index is 8.89. The molecule has 0 fully saturated rings. The first kappa shape index (κ1) is 11.1. The SMILES string of the molecule is N#Cc1[nH]ncc1-c1nc(Cc2ccccn2)no1. The van der Waals surface area contributed by atoms with Gasteiger partial charge in [0.15, 0.2) is 5.82 Å². The van der Waals surface area contributed by atoms with Gasteiger partial charge in [-0.1, -0.05) is 11.2 Å². The maximum absolute atomic E-state index is 8.89. The summed E-state index contributed by atoms with van der Waals surface area (Å²) < 4.78 is 5.12. The van der Waals surface area contributed by atoms with Crippen LogP contribution >= 0.6 is 0 Å². The van der Waals surface area contributed by atoms with Crippen LogP contribution in [0, 0.1) is 11.3 Å². The van der Waals surface area contributed by atoms with Gasteiger partial charge in [-0.15, -0.1) is 0 Å². The lowest BCUT2D eigenvalue weighted by Gasteiger charge is -1.92. The molecule has 1 N–H and O–H groups in total. The van der Waals surface area contributed by atoms with E-state index in [9.17, 15) is 0 Å². The predicted molar refractivity (Wildman–Crippen MR) is 63.6 cm³/mol. The Labute approximate surface area is 107 Å². The molecule has 0 aromatic carbocycles. The number of nitrogens with zero attached hydrogens (tertiary/aromatic N) is 5. The molecule has 0 saturated heterocycles. The highest BCUT2D eigenvalue weighted by Crippen LogP contribution is 2.19. The van der Waals surface area contributed by atoms with Gasteiger partial charge in [0.2, 0.25) is 0 Å². The number of rotatable bonds is 3. The van der Waals surface area contributed by atoms with Gasteiger partial charge in [0, 0.05) is 11.9 Å². The van der Waals surface area contributed by atoms with E-state index in [1.165, 1.54) is 6.20 Å². The molecule has 0 aliphatic heterocycles. The number of hydrogen-bond acceptors (Lipinski definition) is 6. The fourth-order valence-electron chi connectivity index (χ4n) is 1.63. The molecule has 7 nitrogen and oxygen atoms in total. The molecule has 0 spiro atoms. The molecule has 0 saturated carbocycles. The van der Waals surface area contributed by atoms with Crippen LogP contribution in [-0.2, 0) is 6.42 Å². The van der Waals surface area contributed by atoms with Gasteiger partial charge in [-0.2, -0.15) is 15.3 Å². The summed E-state index contributed by atoms with van der Waals surface area (Å²) in [5.74, 6) is 0.787. The third-order valence-corrected chi connectivity index (χ3v) is 2.52.